The van der Waals surface area contributed by atoms with Gasteiger partial charge in [0.1, 0.15) is 5.82 Å². The van der Waals surface area contributed by atoms with Crippen LogP contribution >= 0.6 is 15.9 Å². The highest BCUT2D eigenvalue weighted by atomic mass is 79.9. The molecule has 3 nitrogen and oxygen atoms in total. The molecule has 86 valence electrons. The van der Waals surface area contributed by atoms with E-state index in [1.807, 2.05) is 13.0 Å². The maximum absolute atomic E-state index is 11.9. The van der Waals surface area contributed by atoms with Crippen LogP contribution in [0, 0.1) is 12.8 Å². The predicted molar refractivity (Wildman–Crippen MR) is 67.3 cm³/mol. The molecule has 0 radical (unpaired) electrons. The second-order valence-electron chi connectivity index (χ2n) is 4.29. The number of carbonyl (C=O) groups excluding carboxylic acids is 1. The minimum Gasteiger partial charge on any atom is -0.310 e. The first-order valence-electron chi connectivity index (χ1n) is 5.60. The summed E-state index contributed by atoms with van der Waals surface area (Å²) in [7, 11) is 0. The van der Waals surface area contributed by atoms with E-state index in [1.165, 1.54) is 12.8 Å². The fraction of sp³-hybridized carbons (Fsp3) is 0.500. The number of aromatic nitrogens is 1. The molecule has 1 aliphatic rings. The topological polar surface area (TPSA) is 42.0 Å². The Hall–Kier alpha value is -0.900. The molecule has 0 spiro atoms. The maximum Gasteiger partial charge on any atom is 0.228 e. The van der Waals surface area contributed by atoms with Crippen LogP contribution in [0.1, 0.15) is 31.2 Å². The van der Waals surface area contributed by atoms with Gasteiger partial charge < -0.3 is 5.32 Å². The lowest BCUT2D eigenvalue weighted by atomic mass is 10.1. The first kappa shape index (κ1) is 11.6. The van der Waals surface area contributed by atoms with Gasteiger partial charge in [0.25, 0.3) is 0 Å². The standard InChI is InChI=1S/C12H15BrN2O/c1-8-6-10(13)7-14-11(8)15-12(16)9-4-2-3-5-9/h6-7,9H,2-5H2,1H3,(H,14,15,16). The summed E-state index contributed by atoms with van der Waals surface area (Å²) in [5.41, 5.74) is 0.987. The molecule has 0 aromatic carbocycles. The van der Waals surface area contributed by atoms with Crippen LogP contribution in [-0.2, 0) is 4.79 Å². The first-order chi connectivity index (χ1) is 7.66. The molecule has 1 saturated carbocycles. The number of aryl methyl sites for hydroxylation is 1. The monoisotopic (exact) mass is 282 g/mol. The van der Waals surface area contributed by atoms with Crippen molar-refractivity contribution in [3.8, 4) is 0 Å². The van der Waals surface area contributed by atoms with E-state index < -0.39 is 0 Å². The van der Waals surface area contributed by atoms with Gasteiger partial charge in [0.2, 0.25) is 5.91 Å². The van der Waals surface area contributed by atoms with E-state index in [9.17, 15) is 4.79 Å². The molecule has 0 bridgehead atoms. The molecule has 0 atom stereocenters. The Morgan fingerprint density at radius 2 is 2.19 bits per heavy atom. The number of halogens is 1. The lowest BCUT2D eigenvalue weighted by Crippen LogP contribution is -2.21. The fourth-order valence-electron chi connectivity index (χ4n) is 2.08. The quantitative estimate of drug-likeness (QED) is 0.905. The minimum atomic E-state index is 0.121. The van der Waals surface area contributed by atoms with Crippen LogP contribution < -0.4 is 5.32 Å². The van der Waals surface area contributed by atoms with Crippen molar-refractivity contribution >= 4 is 27.7 Å². The molecule has 1 aromatic heterocycles. The van der Waals surface area contributed by atoms with Crippen molar-refractivity contribution in [2.24, 2.45) is 5.92 Å². The summed E-state index contributed by atoms with van der Waals surface area (Å²) in [6, 6.07) is 1.96. The number of hydrogen-bond donors (Lipinski definition) is 1. The van der Waals surface area contributed by atoms with Crippen LogP contribution in [-0.4, -0.2) is 10.9 Å². The van der Waals surface area contributed by atoms with Crippen LogP contribution in [0.4, 0.5) is 5.82 Å². The van der Waals surface area contributed by atoms with Gasteiger partial charge in [-0.3, -0.25) is 4.79 Å². The van der Waals surface area contributed by atoms with Gasteiger partial charge in [0.05, 0.1) is 0 Å². The highest BCUT2D eigenvalue weighted by Gasteiger charge is 2.23. The smallest absolute Gasteiger partial charge is 0.228 e. The number of nitrogens with one attached hydrogen (secondary N) is 1. The van der Waals surface area contributed by atoms with E-state index in [0.717, 1.165) is 22.9 Å². The molecule has 0 unspecified atom stereocenters. The molecule has 1 amide bonds. The van der Waals surface area contributed by atoms with Crippen molar-refractivity contribution in [2.45, 2.75) is 32.6 Å². The van der Waals surface area contributed by atoms with Crippen LogP contribution in [0.15, 0.2) is 16.7 Å². The lowest BCUT2D eigenvalue weighted by Gasteiger charge is -2.11. The number of carbonyl (C=O) groups is 1. The van der Waals surface area contributed by atoms with Gasteiger partial charge in [0.15, 0.2) is 0 Å². The molecule has 16 heavy (non-hydrogen) atoms. The van der Waals surface area contributed by atoms with E-state index in [-0.39, 0.29) is 11.8 Å². The Balaban J connectivity index is 2.05. The Kier molecular flexibility index (Phi) is 3.59. The fourth-order valence-corrected chi connectivity index (χ4v) is 2.52. The third-order valence-corrected chi connectivity index (χ3v) is 3.45. The molecule has 4 heteroatoms. The van der Waals surface area contributed by atoms with Gasteiger partial charge in [-0.15, -0.1) is 0 Å². The van der Waals surface area contributed by atoms with E-state index in [2.05, 4.69) is 26.2 Å². The predicted octanol–water partition coefficient (Wildman–Crippen LogP) is 3.28. The summed E-state index contributed by atoms with van der Waals surface area (Å²) < 4.78 is 0.934. The molecule has 1 aliphatic carbocycles. The van der Waals surface area contributed by atoms with Crippen LogP contribution in [0.25, 0.3) is 0 Å². The Bertz CT molecular complexity index is 400. The third kappa shape index (κ3) is 2.61. The number of hydrogen-bond acceptors (Lipinski definition) is 2. The molecular weight excluding hydrogens is 268 g/mol. The Morgan fingerprint density at radius 1 is 1.50 bits per heavy atom. The molecule has 1 aromatic rings. The number of anilines is 1. The average molecular weight is 283 g/mol. The molecule has 2 rings (SSSR count). The SMILES string of the molecule is Cc1cc(Br)cnc1NC(=O)C1CCCC1. The van der Waals surface area contributed by atoms with Crippen molar-refractivity contribution in [3.63, 3.8) is 0 Å². The highest BCUT2D eigenvalue weighted by Crippen LogP contribution is 2.26. The largest absolute Gasteiger partial charge is 0.310 e. The van der Waals surface area contributed by atoms with E-state index in [0.29, 0.717) is 5.82 Å². The summed E-state index contributed by atoms with van der Waals surface area (Å²) >= 11 is 3.35. The summed E-state index contributed by atoms with van der Waals surface area (Å²) in [6.07, 6.45) is 6.08. The van der Waals surface area contributed by atoms with Crippen LogP contribution in [0.3, 0.4) is 0 Å². The number of amides is 1. The van der Waals surface area contributed by atoms with Gasteiger partial charge in [-0.2, -0.15) is 0 Å². The number of nitrogens with zero attached hydrogens (tertiary/aromatic N) is 1. The number of pyridine rings is 1. The second-order valence-corrected chi connectivity index (χ2v) is 5.21. The zero-order valence-electron chi connectivity index (χ0n) is 9.29. The van der Waals surface area contributed by atoms with Crippen LogP contribution in [0.5, 0.6) is 0 Å². The van der Waals surface area contributed by atoms with Gasteiger partial charge in [0, 0.05) is 16.6 Å². The maximum atomic E-state index is 11.9. The molecule has 1 fully saturated rings. The molecule has 0 aliphatic heterocycles. The zero-order chi connectivity index (χ0) is 11.5. The van der Waals surface area contributed by atoms with E-state index in [4.69, 9.17) is 0 Å². The van der Waals surface area contributed by atoms with Gasteiger partial charge in [-0.1, -0.05) is 12.8 Å². The Labute approximate surface area is 104 Å². The van der Waals surface area contributed by atoms with Gasteiger partial charge in [-0.05, 0) is 47.3 Å². The second kappa shape index (κ2) is 4.95. The third-order valence-electron chi connectivity index (χ3n) is 3.01. The van der Waals surface area contributed by atoms with E-state index >= 15 is 0 Å². The summed E-state index contributed by atoms with van der Waals surface area (Å²) in [4.78, 5) is 16.1. The van der Waals surface area contributed by atoms with Crippen molar-refractivity contribution < 1.29 is 4.79 Å². The van der Waals surface area contributed by atoms with Crippen molar-refractivity contribution in [3.05, 3.63) is 22.3 Å². The van der Waals surface area contributed by atoms with Crippen LogP contribution in [0.2, 0.25) is 0 Å². The molecule has 0 saturated heterocycles. The van der Waals surface area contributed by atoms with Crippen molar-refractivity contribution in [1.29, 1.82) is 0 Å². The number of rotatable bonds is 2. The summed E-state index contributed by atoms with van der Waals surface area (Å²) in [5, 5.41) is 2.91. The minimum absolute atomic E-state index is 0.121. The highest BCUT2D eigenvalue weighted by molar-refractivity contribution is 9.10. The summed E-state index contributed by atoms with van der Waals surface area (Å²) in [5.74, 6) is 0.986. The van der Waals surface area contributed by atoms with Gasteiger partial charge >= 0.3 is 0 Å². The molecule has 1 N–H and O–H groups in total. The lowest BCUT2D eigenvalue weighted by molar-refractivity contribution is -0.119. The first-order valence-corrected chi connectivity index (χ1v) is 6.39. The zero-order valence-corrected chi connectivity index (χ0v) is 10.9. The van der Waals surface area contributed by atoms with Crippen molar-refractivity contribution in [1.82, 2.24) is 4.98 Å². The summed E-state index contributed by atoms with van der Waals surface area (Å²) in [6.45, 7) is 1.95. The Morgan fingerprint density at radius 3 is 2.81 bits per heavy atom. The molecule has 1 heterocycles. The van der Waals surface area contributed by atoms with Crippen molar-refractivity contribution in [2.75, 3.05) is 5.32 Å². The van der Waals surface area contributed by atoms with E-state index in [1.54, 1.807) is 6.20 Å². The average Bonchev–Trinajstić information content (AvgIpc) is 2.75. The normalized spacial score (nSPS) is 16.4. The molecular formula is C12H15BrN2O. The van der Waals surface area contributed by atoms with Gasteiger partial charge in [-0.25, -0.2) is 4.98 Å².